The number of nitrogens with one attached hydrogen (secondary N) is 4. The van der Waals surface area contributed by atoms with Crippen LogP contribution in [0.15, 0.2) is 60.7 Å². The van der Waals surface area contributed by atoms with E-state index in [-0.39, 0.29) is 11.3 Å². The molecule has 8 nitrogen and oxygen atoms in total. The average molecular weight is 381 g/mol. The lowest BCUT2D eigenvalue weighted by atomic mass is 10.1. The van der Waals surface area contributed by atoms with Gasteiger partial charge in [-0.05, 0) is 18.2 Å². The van der Waals surface area contributed by atoms with E-state index in [0.717, 1.165) is 11.6 Å². The summed E-state index contributed by atoms with van der Waals surface area (Å²) in [7, 11) is 0. The minimum absolute atomic E-state index is 0.148. The largest absolute Gasteiger partial charge is 0.343 e. The van der Waals surface area contributed by atoms with Crippen LogP contribution < -0.4 is 16.2 Å². The molecule has 0 aliphatic rings. The van der Waals surface area contributed by atoms with Crippen LogP contribution in [-0.4, -0.2) is 34.5 Å². The fourth-order valence-electron chi connectivity index (χ4n) is 2.33. The number of aromatic nitrogens is 2. The third kappa shape index (κ3) is 4.58. The number of amides is 3. The topological polar surface area (TPSA) is 116 Å². The summed E-state index contributed by atoms with van der Waals surface area (Å²) in [5.74, 6) is -2.72. The molecule has 3 aromatic rings. The summed E-state index contributed by atoms with van der Waals surface area (Å²) in [6.45, 7) is -0.439. The molecule has 28 heavy (non-hydrogen) atoms. The maximum atomic E-state index is 13.5. The van der Waals surface area contributed by atoms with E-state index in [4.69, 9.17) is 0 Å². The predicted molar refractivity (Wildman–Crippen MR) is 98.4 cm³/mol. The molecular formula is C19H16FN5O3. The lowest BCUT2D eigenvalue weighted by molar-refractivity contribution is -0.120. The molecule has 0 radical (unpaired) electrons. The Morgan fingerprint density at radius 1 is 0.929 bits per heavy atom. The van der Waals surface area contributed by atoms with Crippen molar-refractivity contribution < 1.29 is 18.8 Å². The molecule has 2 aromatic carbocycles. The zero-order valence-corrected chi connectivity index (χ0v) is 14.5. The van der Waals surface area contributed by atoms with Gasteiger partial charge in [0.1, 0.15) is 11.5 Å². The Labute approximate surface area is 159 Å². The summed E-state index contributed by atoms with van der Waals surface area (Å²) in [6.07, 6.45) is 0. The lowest BCUT2D eigenvalue weighted by Gasteiger charge is -2.08. The molecule has 1 heterocycles. The van der Waals surface area contributed by atoms with Crippen LogP contribution in [0.3, 0.4) is 0 Å². The zero-order chi connectivity index (χ0) is 19.9. The third-order valence-electron chi connectivity index (χ3n) is 3.74. The Morgan fingerprint density at radius 3 is 2.39 bits per heavy atom. The fourth-order valence-corrected chi connectivity index (χ4v) is 2.33. The molecule has 4 N–H and O–H groups in total. The first-order valence-corrected chi connectivity index (χ1v) is 8.27. The summed E-state index contributed by atoms with van der Waals surface area (Å²) in [6, 6.07) is 16.2. The molecule has 0 unspecified atom stereocenters. The van der Waals surface area contributed by atoms with E-state index in [9.17, 15) is 18.8 Å². The number of hydrazine groups is 1. The average Bonchev–Trinajstić information content (AvgIpc) is 3.21. The Hall–Kier alpha value is -4.01. The van der Waals surface area contributed by atoms with Gasteiger partial charge in [0.25, 0.3) is 17.7 Å². The van der Waals surface area contributed by atoms with Gasteiger partial charge in [-0.15, -0.1) is 0 Å². The zero-order valence-electron chi connectivity index (χ0n) is 14.5. The molecule has 1 aromatic heterocycles. The van der Waals surface area contributed by atoms with Crippen LogP contribution in [0.1, 0.15) is 20.8 Å². The van der Waals surface area contributed by atoms with Gasteiger partial charge in [0.2, 0.25) is 0 Å². The van der Waals surface area contributed by atoms with Crippen LogP contribution in [0.25, 0.3) is 11.3 Å². The fraction of sp³-hybridized carbons (Fsp3) is 0.0526. The van der Waals surface area contributed by atoms with Crippen molar-refractivity contribution in [2.24, 2.45) is 0 Å². The molecule has 9 heteroatoms. The van der Waals surface area contributed by atoms with Crippen LogP contribution in [-0.2, 0) is 4.79 Å². The minimum Gasteiger partial charge on any atom is -0.343 e. The summed E-state index contributed by atoms with van der Waals surface area (Å²) in [5, 5.41) is 8.89. The molecular weight excluding hydrogens is 365 g/mol. The van der Waals surface area contributed by atoms with Gasteiger partial charge in [0, 0.05) is 5.56 Å². The van der Waals surface area contributed by atoms with E-state index in [1.54, 1.807) is 0 Å². The van der Waals surface area contributed by atoms with Gasteiger partial charge in [-0.3, -0.25) is 30.3 Å². The molecule has 0 atom stereocenters. The molecule has 3 amide bonds. The highest BCUT2D eigenvalue weighted by atomic mass is 19.1. The number of carbonyl (C=O) groups excluding carboxylic acids is 3. The van der Waals surface area contributed by atoms with Crippen molar-refractivity contribution in [2.75, 3.05) is 6.54 Å². The molecule has 0 saturated carbocycles. The highest BCUT2D eigenvalue weighted by molar-refractivity contribution is 5.97. The maximum absolute atomic E-state index is 13.5. The normalized spacial score (nSPS) is 10.2. The molecule has 142 valence electrons. The lowest BCUT2D eigenvalue weighted by Crippen LogP contribution is -2.46. The smallest absolute Gasteiger partial charge is 0.287 e. The first-order valence-electron chi connectivity index (χ1n) is 8.27. The van der Waals surface area contributed by atoms with Gasteiger partial charge >= 0.3 is 0 Å². The van der Waals surface area contributed by atoms with Gasteiger partial charge in [-0.1, -0.05) is 42.5 Å². The maximum Gasteiger partial charge on any atom is 0.287 e. The second-order valence-electron chi connectivity index (χ2n) is 5.70. The molecule has 0 bridgehead atoms. The quantitative estimate of drug-likeness (QED) is 0.500. The molecule has 0 fully saturated rings. The first-order chi connectivity index (χ1) is 13.5. The van der Waals surface area contributed by atoms with E-state index < -0.39 is 30.1 Å². The van der Waals surface area contributed by atoms with E-state index in [1.165, 1.54) is 24.3 Å². The van der Waals surface area contributed by atoms with Crippen molar-refractivity contribution in [2.45, 2.75) is 0 Å². The highest BCUT2D eigenvalue weighted by Gasteiger charge is 2.14. The van der Waals surface area contributed by atoms with Crippen LogP contribution >= 0.6 is 0 Å². The number of rotatable bonds is 5. The van der Waals surface area contributed by atoms with Crippen molar-refractivity contribution in [3.63, 3.8) is 0 Å². The molecule has 0 aliphatic carbocycles. The van der Waals surface area contributed by atoms with Crippen molar-refractivity contribution >= 4 is 17.7 Å². The van der Waals surface area contributed by atoms with Gasteiger partial charge in [0.15, 0.2) is 0 Å². The number of halogens is 1. The number of nitrogens with zero attached hydrogens (tertiary/aromatic N) is 1. The van der Waals surface area contributed by atoms with Gasteiger partial charge in [-0.2, -0.15) is 5.10 Å². The van der Waals surface area contributed by atoms with Crippen LogP contribution in [0.4, 0.5) is 4.39 Å². The monoisotopic (exact) mass is 381 g/mol. The van der Waals surface area contributed by atoms with E-state index in [1.807, 2.05) is 30.3 Å². The standard InChI is InChI=1S/C19H16FN5O3/c20-14-9-5-4-8-13(14)18(27)21-11-17(26)24-25-19(28)16-10-15(22-23-16)12-6-2-1-3-7-12/h1-10H,11H2,(H,21,27)(H,22,23)(H,24,26)(H,25,28). The minimum atomic E-state index is -0.736. The second-order valence-corrected chi connectivity index (χ2v) is 5.70. The van der Waals surface area contributed by atoms with Crippen LogP contribution in [0, 0.1) is 5.82 Å². The number of benzene rings is 2. The Bertz CT molecular complexity index is 1000. The van der Waals surface area contributed by atoms with E-state index >= 15 is 0 Å². The van der Waals surface area contributed by atoms with Crippen molar-refractivity contribution in [3.05, 3.63) is 77.7 Å². The summed E-state index contributed by atoms with van der Waals surface area (Å²) in [4.78, 5) is 35.7. The number of aromatic amines is 1. The van der Waals surface area contributed by atoms with Crippen molar-refractivity contribution in [1.29, 1.82) is 0 Å². The third-order valence-corrected chi connectivity index (χ3v) is 3.74. The predicted octanol–water partition coefficient (Wildman–Crippen LogP) is 1.41. The van der Waals surface area contributed by atoms with Crippen molar-refractivity contribution in [3.8, 4) is 11.3 Å². The Balaban J connectivity index is 1.48. The molecule has 3 rings (SSSR count). The SMILES string of the molecule is O=C(CNC(=O)c1ccccc1F)NNC(=O)c1cc(-c2ccccc2)n[nH]1. The molecule has 0 saturated heterocycles. The number of hydrogen-bond donors (Lipinski definition) is 4. The first kappa shape index (κ1) is 18.8. The van der Waals surface area contributed by atoms with Gasteiger partial charge < -0.3 is 5.32 Å². The Kier molecular flexibility index (Phi) is 5.75. The summed E-state index contributed by atoms with van der Waals surface area (Å²) < 4.78 is 13.5. The van der Waals surface area contributed by atoms with Crippen molar-refractivity contribution in [1.82, 2.24) is 26.4 Å². The van der Waals surface area contributed by atoms with Crippen LogP contribution in [0.2, 0.25) is 0 Å². The molecule has 0 spiro atoms. The highest BCUT2D eigenvalue weighted by Crippen LogP contribution is 2.16. The van der Waals surface area contributed by atoms with E-state index in [2.05, 4.69) is 26.4 Å². The summed E-state index contributed by atoms with van der Waals surface area (Å²) in [5.41, 5.74) is 5.74. The number of carbonyl (C=O) groups is 3. The second kappa shape index (κ2) is 8.58. The van der Waals surface area contributed by atoms with E-state index in [0.29, 0.717) is 5.69 Å². The molecule has 0 aliphatic heterocycles. The number of H-pyrrole nitrogens is 1. The van der Waals surface area contributed by atoms with Gasteiger partial charge in [-0.25, -0.2) is 4.39 Å². The summed E-state index contributed by atoms with van der Waals surface area (Å²) >= 11 is 0. The Morgan fingerprint density at radius 2 is 1.64 bits per heavy atom. The number of hydrogen-bond acceptors (Lipinski definition) is 4. The van der Waals surface area contributed by atoms with Crippen LogP contribution in [0.5, 0.6) is 0 Å². The van der Waals surface area contributed by atoms with Gasteiger partial charge in [0.05, 0.1) is 17.8 Å².